The topological polar surface area (TPSA) is 0 Å². The number of hydrogen-bond donors (Lipinski definition) is 0. The van der Waals surface area contributed by atoms with E-state index in [0.717, 1.165) is 22.7 Å². The van der Waals surface area contributed by atoms with Crippen LogP contribution in [0.25, 0.3) is 17.2 Å². The summed E-state index contributed by atoms with van der Waals surface area (Å²) >= 11 is 2.18. The van der Waals surface area contributed by atoms with Gasteiger partial charge in [0.15, 0.2) is 0 Å². The molecule has 0 saturated carbocycles. The van der Waals surface area contributed by atoms with Crippen molar-refractivity contribution in [3.8, 4) is 0 Å². The van der Waals surface area contributed by atoms with Crippen LogP contribution in [-0.2, 0) is 6.42 Å². The minimum atomic E-state index is -5.53. The molecule has 2 heterocycles. The Hall–Kier alpha value is -1.54. The van der Waals surface area contributed by atoms with Crippen molar-refractivity contribution in [1.82, 2.24) is 0 Å². The van der Waals surface area contributed by atoms with Crippen LogP contribution in [0.4, 0.5) is 26.3 Å². The third-order valence-electron chi connectivity index (χ3n) is 4.53. The first kappa shape index (κ1) is 20.2. The Bertz CT molecular complexity index is 946. The summed E-state index contributed by atoms with van der Waals surface area (Å²) in [5, 5.41) is 0. The number of rotatable bonds is 4. The van der Waals surface area contributed by atoms with Crippen LogP contribution in [0.3, 0.4) is 0 Å². The zero-order valence-corrected chi connectivity index (χ0v) is 16.4. The highest BCUT2D eigenvalue weighted by Gasteiger charge is 2.80. The van der Waals surface area contributed by atoms with Crippen LogP contribution < -0.4 is 0 Å². The zero-order chi connectivity index (χ0) is 20.4. The first-order chi connectivity index (χ1) is 12.4. The number of halogens is 6. The average Bonchev–Trinajstić information content (AvgIpc) is 3.15. The smallest absolute Gasteiger partial charge is 0.194 e. The van der Waals surface area contributed by atoms with Gasteiger partial charge in [-0.25, -0.2) is 0 Å². The first-order valence-corrected chi connectivity index (χ1v) is 9.75. The molecule has 2 aromatic rings. The highest BCUT2D eigenvalue weighted by molar-refractivity contribution is 7.13. The van der Waals surface area contributed by atoms with Gasteiger partial charge >= 0.3 is 17.8 Å². The van der Waals surface area contributed by atoms with E-state index in [9.17, 15) is 26.3 Å². The van der Waals surface area contributed by atoms with Crippen LogP contribution in [-0.4, -0.2) is 17.8 Å². The monoisotopic (exact) mass is 422 g/mol. The van der Waals surface area contributed by atoms with Crippen LogP contribution in [0, 0.1) is 13.8 Å². The SMILES string of the molecule is C=Cc1sc(C)cc1C1=C(c2cc(C)sc2CC)C(F)(F)C(F)(F)C1(F)F. The molecule has 0 N–H and O–H groups in total. The van der Waals surface area contributed by atoms with Gasteiger partial charge in [-0.15, -0.1) is 22.7 Å². The average molecular weight is 422 g/mol. The third-order valence-corrected chi connectivity index (χ3v) is 6.77. The van der Waals surface area contributed by atoms with Crippen molar-refractivity contribution in [3.05, 3.63) is 49.3 Å². The Morgan fingerprint density at radius 2 is 1.37 bits per heavy atom. The summed E-state index contributed by atoms with van der Waals surface area (Å²) in [5.74, 6) is -15.5. The normalized spacial score (nSPS) is 20.3. The molecule has 0 bridgehead atoms. The van der Waals surface area contributed by atoms with Gasteiger partial charge in [0.25, 0.3) is 0 Å². The second-order valence-electron chi connectivity index (χ2n) is 6.36. The molecule has 0 amide bonds. The standard InChI is InChI=1S/C19H16F6S2/c1-5-13-11(7-9(3)26-13)15-16(12-8-10(4)27-14(12)6-2)18(22,23)19(24,25)17(15,20)21/h5,7-8H,1,6H2,2-4H3. The molecular formula is C19H16F6S2. The van der Waals surface area contributed by atoms with Crippen molar-refractivity contribution in [2.24, 2.45) is 0 Å². The molecule has 8 heteroatoms. The van der Waals surface area contributed by atoms with Crippen molar-refractivity contribution >= 4 is 39.9 Å². The molecule has 0 atom stereocenters. The largest absolute Gasteiger partial charge is 0.380 e. The van der Waals surface area contributed by atoms with E-state index in [4.69, 9.17) is 0 Å². The summed E-state index contributed by atoms with van der Waals surface area (Å²) < 4.78 is 87.6. The van der Waals surface area contributed by atoms with E-state index in [1.807, 2.05) is 0 Å². The van der Waals surface area contributed by atoms with E-state index in [1.165, 1.54) is 18.2 Å². The molecule has 1 aliphatic rings. The molecule has 146 valence electrons. The van der Waals surface area contributed by atoms with E-state index in [-0.39, 0.29) is 22.4 Å². The fraction of sp³-hybridized carbons (Fsp3) is 0.368. The second-order valence-corrected chi connectivity index (χ2v) is 8.99. The summed E-state index contributed by atoms with van der Waals surface area (Å²) in [7, 11) is 0. The van der Waals surface area contributed by atoms with Crippen molar-refractivity contribution in [2.45, 2.75) is 45.0 Å². The maximum atomic E-state index is 14.8. The van der Waals surface area contributed by atoms with E-state index < -0.39 is 28.9 Å². The molecular weight excluding hydrogens is 406 g/mol. The number of alkyl halides is 6. The lowest BCUT2D eigenvalue weighted by atomic mass is 9.94. The van der Waals surface area contributed by atoms with Gasteiger partial charge in [-0.3, -0.25) is 0 Å². The molecule has 0 unspecified atom stereocenters. The lowest BCUT2D eigenvalue weighted by Gasteiger charge is -2.25. The fourth-order valence-electron chi connectivity index (χ4n) is 3.35. The van der Waals surface area contributed by atoms with Gasteiger partial charge in [-0.1, -0.05) is 19.6 Å². The molecule has 0 nitrogen and oxygen atoms in total. The van der Waals surface area contributed by atoms with Gasteiger partial charge in [0.2, 0.25) is 0 Å². The van der Waals surface area contributed by atoms with Crippen molar-refractivity contribution < 1.29 is 26.3 Å². The molecule has 0 aromatic carbocycles. The Morgan fingerprint density at radius 1 is 0.889 bits per heavy atom. The molecule has 3 rings (SSSR count). The van der Waals surface area contributed by atoms with Gasteiger partial charge in [0, 0.05) is 36.2 Å². The summed E-state index contributed by atoms with van der Waals surface area (Å²) in [6, 6.07) is 2.53. The van der Waals surface area contributed by atoms with Gasteiger partial charge in [-0.05, 0) is 38.0 Å². The maximum absolute atomic E-state index is 14.8. The summed E-state index contributed by atoms with van der Waals surface area (Å²) in [6.07, 6.45) is 1.50. The Balaban J connectivity index is 2.48. The third kappa shape index (κ3) is 2.63. The van der Waals surface area contributed by atoms with Crippen molar-refractivity contribution in [1.29, 1.82) is 0 Å². The minimum absolute atomic E-state index is 0.165. The molecule has 0 aliphatic heterocycles. The predicted octanol–water partition coefficient (Wildman–Crippen LogP) is 7.46. The Morgan fingerprint density at radius 3 is 1.89 bits per heavy atom. The molecule has 0 saturated heterocycles. The van der Waals surface area contributed by atoms with Gasteiger partial charge in [0.05, 0.1) is 0 Å². The second kappa shape index (κ2) is 6.24. The van der Waals surface area contributed by atoms with E-state index >= 15 is 0 Å². The molecule has 2 aromatic heterocycles. The van der Waals surface area contributed by atoms with Crippen LogP contribution in [0.5, 0.6) is 0 Å². The van der Waals surface area contributed by atoms with Crippen molar-refractivity contribution in [2.75, 3.05) is 0 Å². The number of thiophene rings is 2. The molecule has 0 radical (unpaired) electrons. The quantitative estimate of drug-likeness (QED) is 0.449. The van der Waals surface area contributed by atoms with Crippen molar-refractivity contribution in [3.63, 3.8) is 0 Å². The van der Waals surface area contributed by atoms with E-state index in [0.29, 0.717) is 14.6 Å². The fourth-order valence-corrected chi connectivity index (χ4v) is 5.21. The Labute approximate surface area is 160 Å². The lowest BCUT2D eigenvalue weighted by molar-refractivity contribution is -0.254. The lowest BCUT2D eigenvalue weighted by Crippen LogP contribution is -2.48. The van der Waals surface area contributed by atoms with Crippen LogP contribution >= 0.6 is 22.7 Å². The summed E-state index contributed by atoms with van der Waals surface area (Å²) in [4.78, 5) is 1.67. The number of allylic oxidation sites excluding steroid dienone is 2. The van der Waals surface area contributed by atoms with Gasteiger partial charge < -0.3 is 0 Å². The molecule has 1 aliphatic carbocycles. The maximum Gasteiger partial charge on any atom is 0.380 e. The first-order valence-electron chi connectivity index (χ1n) is 8.11. The van der Waals surface area contributed by atoms with Gasteiger partial charge in [-0.2, -0.15) is 26.3 Å². The number of hydrogen-bond acceptors (Lipinski definition) is 2. The highest BCUT2D eigenvalue weighted by atomic mass is 32.1. The van der Waals surface area contributed by atoms with Gasteiger partial charge in [0.1, 0.15) is 0 Å². The summed E-state index contributed by atoms with van der Waals surface area (Å²) in [5.41, 5.74) is -3.12. The predicted molar refractivity (Wildman–Crippen MR) is 99.2 cm³/mol. The number of aryl methyl sites for hydroxylation is 3. The minimum Gasteiger partial charge on any atom is -0.194 e. The van der Waals surface area contributed by atoms with E-state index in [1.54, 1.807) is 20.8 Å². The highest BCUT2D eigenvalue weighted by Crippen LogP contribution is 2.65. The molecule has 0 spiro atoms. The zero-order valence-electron chi connectivity index (χ0n) is 14.7. The van der Waals surface area contributed by atoms with Crippen LogP contribution in [0.2, 0.25) is 0 Å². The van der Waals surface area contributed by atoms with Crippen LogP contribution in [0.15, 0.2) is 18.7 Å². The summed E-state index contributed by atoms with van der Waals surface area (Å²) in [6.45, 7) is 8.39. The van der Waals surface area contributed by atoms with E-state index in [2.05, 4.69) is 6.58 Å². The Kier molecular flexibility index (Phi) is 4.67. The molecule has 0 fully saturated rings. The van der Waals surface area contributed by atoms with Crippen LogP contribution in [0.1, 0.15) is 37.6 Å². The molecule has 27 heavy (non-hydrogen) atoms.